The van der Waals surface area contributed by atoms with Crippen LogP contribution < -0.4 is 10.5 Å². The highest BCUT2D eigenvalue weighted by Gasteiger charge is 2.36. The first-order valence-corrected chi connectivity index (χ1v) is 10.3. The standard InChI is InChI=1S/C18H15N3O5S2/c19-28(25,26)14-8-6-13(7-9-14)20-16(22)11-21-17(23)15(27-18(21)24)10-12-4-2-1-3-5-12/h1-10H,11H2,(H,20,22)(H2,19,25,26). The maximum Gasteiger partial charge on any atom is 0.294 e. The maximum absolute atomic E-state index is 12.4. The number of benzene rings is 2. The van der Waals surface area contributed by atoms with Gasteiger partial charge in [-0.1, -0.05) is 30.3 Å². The Kier molecular flexibility index (Phi) is 5.63. The number of anilines is 1. The molecule has 2 aromatic carbocycles. The Labute approximate surface area is 165 Å². The van der Waals surface area contributed by atoms with E-state index >= 15 is 0 Å². The Bertz CT molecular complexity index is 1060. The van der Waals surface area contributed by atoms with Crippen molar-refractivity contribution < 1.29 is 22.8 Å². The van der Waals surface area contributed by atoms with Gasteiger partial charge >= 0.3 is 0 Å². The molecule has 8 nitrogen and oxygen atoms in total. The minimum atomic E-state index is -3.83. The summed E-state index contributed by atoms with van der Waals surface area (Å²) in [7, 11) is -3.83. The van der Waals surface area contributed by atoms with Crippen molar-refractivity contribution in [3.8, 4) is 0 Å². The number of nitrogens with two attached hydrogens (primary N) is 1. The van der Waals surface area contributed by atoms with Gasteiger partial charge in [0.2, 0.25) is 15.9 Å². The van der Waals surface area contributed by atoms with Crippen molar-refractivity contribution in [2.24, 2.45) is 5.14 Å². The number of rotatable bonds is 5. The molecule has 144 valence electrons. The third-order valence-electron chi connectivity index (χ3n) is 3.74. The van der Waals surface area contributed by atoms with E-state index in [0.29, 0.717) is 5.69 Å². The fourth-order valence-electron chi connectivity index (χ4n) is 2.41. The zero-order chi connectivity index (χ0) is 20.3. The van der Waals surface area contributed by atoms with Crippen LogP contribution >= 0.6 is 11.8 Å². The molecule has 0 atom stereocenters. The Morgan fingerprint density at radius 3 is 2.32 bits per heavy atom. The van der Waals surface area contributed by atoms with Gasteiger partial charge in [-0.3, -0.25) is 19.3 Å². The third-order valence-corrected chi connectivity index (χ3v) is 5.58. The lowest BCUT2D eigenvalue weighted by atomic mass is 10.2. The van der Waals surface area contributed by atoms with Crippen LogP contribution in [0, 0.1) is 0 Å². The monoisotopic (exact) mass is 417 g/mol. The zero-order valence-electron chi connectivity index (χ0n) is 14.4. The average Bonchev–Trinajstić information content (AvgIpc) is 2.90. The number of thioether (sulfide) groups is 1. The molecule has 0 spiro atoms. The average molecular weight is 417 g/mol. The number of imide groups is 1. The van der Waals surface area contributed by atoms with E-state index in [1.807, 2.05) is 18.2 Å². The Morgan fingerprint density at radius 2 is 1.71 bits per heavy atom. The van der Waals surface area contributed by atoms with E-state index in [4.69, 9.17) is 5.14 Å². The first-order valence-electron chi connectivity index (χ1n) is 7.97. The van der Waals surface area contributed by atoms with Crippen LogP contribution in [0.25, 0.3) is 6.08 Å². The van der Waals surface area contributed by atoms with Crippen molar-refractivity contribution in [2.45, 2.75) is 4.90 Å². The smallest absolute Gasteiger partial charge is 0.294 e. The van der Waals surface area contributed by atoms with Crippen LogP contribution in [0.5, 0.6) is 0 Å². The number of carbonyl (C=O) groups excluding carboxylic acids is 3. The summed E-state index contributed by atoms with van der Waals surface area (Å²) in [6, 6.07) is 14.3. The molecule has 1 aliphatic rings. The van der Waals surface area contributed by atoms with Gasteiger partial charge in [0.1, 0.15) is 6.54 Å². The minimum absolute atomic E-state index is 0.0949. The zero-order valence-corrected chi connectivity index (χ0v) is 16.0. The number of hydrogen-bond acceptors (Lipinski definition) is 6. The third kappa shape index (κ3) is 4.66. The summed E-state index contributed by atoms with van der Waals surface area (Å²) in [5.74, 6) is -1.13. The summed E-state index contributed by atoms with van der Waals surface area (Å²) < 4.78 is 22.5. The molecule has 0 bridgehead atoms. The highest BCUT2D eigenvalue weighted by molar-refractivity contribution is 8.18. The molecular formula is C18H15N3O5S2. The molecular weight excluding hydrogens is 402 g/mol. The van der Waals surface area contributed by atoms with Crippen LogP contribution in [-0.2, 0) is 19.6 Å². The highest BCUT2D eigenvalue weighted by atomic mass is 32.2. The molecule has 0 aromatic heterocycles. The number of sulfonamides is 1. The summed E-state index contributed by atoms with van der Waals surface area (Å²) >= 11 is 0.768. The predicted octanol–water partition coefficient (Wildman–Crippen LogP) is 2.01. The van der Waals surface area contributed by atoms with E-state index in [2.05, 4.69) is 5.32 Å². The van der Waals surface area contributed by atoms with Crippen LogP contribution in [0.3, 0.4) is 0 Å². The summed E-state index contributed by atoms with van der Waals surface area (Å²) in [4.78, 5) is 37.7. The molecule has 1 fully saturated rings. The quantitative estimate of drug-likeness (QED) is 0.717. The number of amides is 3. The molecule has 3 N–H and O–H groups in total. The normalized spacial score (nSPS) is 15.9. The second kappa shape index (κ2) is 7.97. The molecule has 2 aromatic rings. The predicted molar refractivity (Wildman–Crippen MR) is 106 cm³/mol. The lowest BCUT2D eigenvalue weighted by Crippen LogP contribution is -2.36. The second-order valence-electron chi connectivity index (χ2n) is 5.80. The van der Waals surface area contributed by atoms with Crippen molar-refractivity contribution in [3.63, 3.8) is 0 Å². The highest BCUT2D eigenvalue weighted by Crippen LogP contribution is 2.32. The second-order valence-corrected chi connectivity index (χ2v) is 8.35. The molecule has 10 heteroatoms. The summed E-state index contributed by atoms with van der Waals surface area (Å²) in [6.07, 6.45) is 1.59. The van der Waals surface area contributed by atoms with Crippen LogP contribution in [-0.4, -0.2) is 36.9 Å². The fourth-order valence-corrected chi connectivity index (χ4v) is 3.76. The van der Waals surface area contributed by atoms with Gasteiger partial charge in [0.15, 0.2) is 0 Å². The number of carbonyl (C=O) groups is 3. The SMILES string of the molecule is NS(=O)(=O)c1ccc(NC(=O)CN2C(=O)SC(=Cc3ccccc3)C2=O)cc1. The van der Waals surface area contributed by atoms with Gasteiger partial charge in [0.25, 0.3) is 11.1 Å². The van der Waals surface area contributed by atoms with Crippen molar-refractivity contribution in [3.05, 3.63) is 65.1 Å². The molecule has 3 rings (SSSR count). The molecule has 0 unspecified atom stereocenters. The molecule has 1 saturated heterocycles. The molecule has 0 aliphatic carbocycles. The Balaban J connectivity index is 1.66. The van der Waals surface area contributed by atoms with Crippen molar-refractivity contribution in [2.75, 3.05) is 11.9 Å². The molecule has 1 heterocycles. The van der Waals surface area contributed by atoms with Crippen LogP contribution in [0.15, 0.2) is 64.4 Å². The van der Waals surface area contributed by atoms with E-state index in [9.17, 15) is 22.8 Å². The molecule has 0 saturated carbocycles. The van der Waals surface area contributed by atoms with Crippen molar-refractivity contribution in [1.29, 1.82) is 0 Å². The van der Waals surface area contributed by atoms with Crippen LogP contribution in [0.4, 0.5) is 10.5 Å². The van der Waals surface area contributed by atoms with Gasteiger partial charge in [-0.05, 0) is 47.7 Å². The number of nitrogens with zero attached hydrogens (tertiary/aromatic N) is 1. The Hall–Kier alpha value is -2.95. The lowest BCUT2D eigenvalue weighted by Gasteiger charge is -2.12. The van der Waals surface area contributed by atoms with Gasteiger partial charge in [0, 0.05) is 5.69 Å². The summed E-state index contributed by atoms with van der Waals surface area (Å²) in [5, 5.41) is 6.98. The van der Waals surface area contributed by atoms with E-state index in [1.165, 1.54) is 24.3 Å². The molecule has 3 amide bonds. The van der Waals surface area contributed by atoms with E-state index in [-0.39, 0.29) is 9.80 Å². The van der Waals surface area contributed by atoms with Crippen molar-refractivity contribution in [1.82, 2.24) is 4.90 Å². The van der Waals surface area contributed by atoms with Gasteiger partial charge in [-0.2, -0.15) is 0 Å². The van der Waals surface area contributed by atoms with Gasteiger partial charge in [0.05, 0.1) is 9.80 Å². The maximum atomic E-state index is 12.4. The van der Waals surface area contributed by atoms with E-state index in [1.54, 1.807) is 18.2 Å². The first kappa shape index (κ1) is 19.8. The first-order chi connectivity index (χ1) is 13.2. The van der Waals surface area contributed by atoms with Gasteiger partial charge in [-0.15, -0.1) is 0 Å². The van der Waals surface area contributed by atoms with E-state index in [0.717, 1.165) is 22.2 Å². The lowest BCUT2D eigenvalue weighted by molar-refractivity contribution is -0.127. The van der Waals surface area contributed by atoms with Crippen LogP contribution in [0.2, 0.25) is 0 Å². The summed E-state index contributed by atoms with van der Waals surface area (Å²) in [5.41, 5.74) is 1.08. The van der Waals surface area contributed by atoms with Crippen molar-refractivity contribution >= 4 is 50.6 Å². The number of nitrogens with one attached hydrogen (secondary N) is 1. The van der Waals surface area contributed by atoms with E-state index < -0.39 is 33.6 Å². The number of hydrogen-bond donors (Lipinski definition) is 2. The Morgan fingerprint density at radius 1 is 1.07 bits per heavy atom. The van der Waals surface area contributed by atoms with Crippen LogP contribution in [0.1, 0.15) is 5.56 Å². The molecule has 1 aliphatic heterocycles. The fraction of sp³-hybridized carbons (Fsp3) is 0.0556. The largest absolute Gasteiger partial charge is 0.325 e. The topological polar surface area (TPSA) is 127 Å². The minimum Gasteiger partial charge on any atom is -0.325 e. The summed E-state index contributed by atoms with van der Waals surface area (Å²) in [6.45, 7) is -0.451. The molecule has 28 heavy (non-hydrogen) atoms. The van der Waals surface area contributed by atoms with Gasteiger partial charge < -0.3 is 5.32 Å². The van der Waals surface area contributed by atoms with Gasteiger partial charge in [-0.25, -0.2) is 13.6 Å². The number of primary sulfonamides is 1. The molecule has 0 radical (unpaired) electrons.